The van der Waals surface area contributed by atoms with Crippen LogP contribution in [0, 0.1) is 11.3 Å². The van der Waals surface area contributed by atoms with Gasteiger partial charge in [-0.15, -0.1) is 0 Å². The Labute approximate surface area is 94.4 Å². The van der Waals surface area contributed by atoms with E-state index in [0.717, 1.165) is 0 Å². The maximum Gasteiger partial charge on any atom is 0.167 e. The van der Waals surface area contributed by atoms with Gasteiger partial charge in [-0.1, -0.05) is 27.7 Å². The Balaban J connectivity index is 4.59. The highest BCUT2D eigenvalue weighted by Gasteiger charge is 2.36. The van der Waals surface area contributed by atoms with Crippen molar-refractivity contribution in [1.29, 1.82) is 0 Å². The summed E-state index contributed by atoms with van der Waals surface area (Å²) in [5.41, 5.74) is -0.577. The van der Waals surface area contributed by atoms with Gasteiger partial charge < -0.3 is 4.74 Å². The molecule has 15 heavy (non-hydrogen) atoms. The Kier molecular flexibility index (Phi) is 4.53. The molecule has 0 saturated carbocycles. The molecule has 1 unspecified atom stereocenters. The van der Waals surface area contributed by atoms with E-state index in [1.54, 1.807) is 0 Å². The minimum Gasteiger partial charge on any atom is -0.365 e. The van der Waals surface area contributed by atoms with Gasteiger partial charge in [-0.05, 0) is 33.6 Å². The molecule has 2 heteroatoms. The van der Waals surface area contributed by atoms with Gasteiger partial charge in [0.05, 0.1) is 5.60 Å². The van der Waals surface area contributed by atoms with Crippen LogP contribution in [0.25, 0.3) is 0 Å². The van der Waals surface area contributed by atoms with Gasteiger partial charge in [0.2, 0.25) is 0 Å². The van der Waals surface area contributed by atoms with Crippen LogP contribution >= 0.6 is 0 Å². The van der Waals surface area contributed by atoms with Crippen molar-refractivity contribution in [3.8, 4) is 0 Å². The number of hydrogen-bond acceptors (Lipinski definition) is 2. The second-order valence-electron chi connectivity index (χ2n) is 6.11. The van der Waals surface area contributed by atoms with Crippen molar-refractivity contribution in [3.63, 3.8) is 0 Å². The minimum absolute atomic E-state index is 0.187. The summed E-state index contributed by atoms with van der Waals surface area (Å²) in [4.78, 5) is 12.2. The van der Waals surface area contributed by atoms with Crippen molar-refractivity contribution in [3.05, 3.63) is 0 Å². The molecule has 0 aliphatic carbocycles. The van der Waals surface area contributed by atoms with E-state index in [4.69, 9.17) is 4.74 Å². The average Bonchev–Trinajstić information content (AvgIpc) is 1.99. The number of carbonyl (C=O) groups is 1. The number of carbonyl (C=O) groups excluding carboxylic acids is 1. The summed E-state index contributed by atoms with van der Waals surface area (Å²) < 4.78 is 5.69. The summed E-state index contributed by atoms with van der Waals surface area (Å²) in [5, 5.41) is 0. The lowest BCUT2D eigenvalue weighted by Gasteiger charge is -2.33. The SMILES string of the molecule is CC(OC(C)(C)C)C(=O)C(C)(C)C(C)C. The van der Waals surface area contributed by atoms with Crippen molar-refractivity contribution < 1.29 is 9.53 Å². The van der Waals surface area contributed by atoms with Gasteiger partial charge in [-0.25, -0.2) is 0 Å². The summed E-state index contributed by atoms with van der Waals surface area (Å²) >= 11 is 0. The Hall–Kier alpha value is -0.370. The van der Waals surface area contributed by atoms with Gasteiger partial charge in [-0.2, -0.15) is 0 Å². The monoisotopic (exact) mass is 214 g/mol. The molecular weight excluding hydrogens is 188 g/mol. The van der Waals surface area contributed by atoms with E-state index in [1.807, 2.05) is 41.5 Å². The van der Waals surface area contributed by atoms with Crippen molar-refractivity contribution in [1.82, 2.24) is 0 Å². The summed E-state index contributed by atoms with van der Waals surface area (Å²) in [7, 11) is 0. The predicted octanol–water partition coefficient (Wildman–Crippen LogP) is 3.44. The fourth-order valence-corrected chi connectivity index (χ4v) is 1.39. The van der Waals surface area contributed by atoms with E-state index < -0.39 is 0 Å². The first-order valence-corrected chi connectivity index (χ1v) is 5.70. The Morgan fingerprint density at radius 2 is 1.40 bits per heavy atom. The van der Waals surface area contributed by atoms with Crippen molar-refractivity contribution in [2.45, 2.75) is 67.1 Å². The lowest BCUT2D eigenvalue weighted by atomic mass is 9.76. The third-order valence-electron chi connectivity index (χ3n) is 2.98. The van der Waals surface area contributed by atoms with Crippen LogP contribution in [0.15, 0.2) is 0 Å². The standard InChI is InChI=1S/C13H26O2/c1-9(2)13(7,8)11(14)10(3)15-12(4,5)6/h9-10H,1-8H3. The van der Waals surface area contributed by atoms with E-state index >= 15 is 0 Å². The van der Waals surface area contributed by atoms with Crippen LogP contribution in [0.5, 0.6) is 0 Å². The van der Waals surface area contributed by atoms with E-state index in [2.05, 4.69) is 13.8 Å². The maximum absolute atomic E-state index is 12.2. The molecule has 0 spiro atoms. The number of ketones is 1. The summed E-state index contributed by atoms with van der Waals surface area (Å²) in [6, 6.07) is 0. The van der Waals surface area contributed by atoms with Crippen LogP contribution in [0.1, 0.15) is 55.4 Å². The third-order valence-corrected chi connectivity index (χ3v) is 2.98. The summed E-state index contributed by atoms with van der Waals surface area (Å²) in [6.07, 6.45) is -0.331. The molecule has 0 aromatic heterocycles. The second kappa shape index (κ2) is 4.65. The Morgan fingerprint density at radius 1 is 1.00 bits per heavy atom. The number of ether oxygens (including phenoxy) is 1. The van der Waals surface area contributed by atoms with Gasteiger partial charge in [-0.3, -0.25) is 4.79 Å². The number of rotatable bonds is 4. The van der Waals surface area contributed by atoms with E-state index in [1.165, 1.54) is 0 Å². The van der Waals surface area contributed by atoms with Crippen molar-refractivity contribution >= 4 is 5.78 Å². The predicted molar refractivity (Wildman–Crippen MR) is 63.9 cm³/mol. The van der Waals surface area contributed by atoms with Crippen molar-refractivity contribution in [2.24, 2.45) is 11.3 Å². The molecule has 0 amide bonds. The maximum atomic E-state index is 12.2. The fourth-order valence-electron chi connectivity index (χ4n) is 1.39. The zero-order valence-electron chi connectivity index (χ0n) is 11.5. The minimum atomic E-state index is -0.331. The molecular formula is C13H26O2. The molecule has 2 nitrogen and oxygen atoms in total. The molecule has 0 rings (SSSR count). The molecule has 0 aliphatic heterocycles. The largest absolute Gasteiger partial charge is 0.365 e. The van der Waals surface area contributed by atoms with E-state index in [9.17, 15) is 4.79 Å². The van der Waals surface area contributed by atoms with E-state index in [-0.39, 0.29) is 22.9 Å². The molecule has 90 valence electrons. The topological polar surface area (TPSA) is 26.3 Å². The molecule has 0 heterocycles. The average molecular weight is 214 g/mol. The van der Waals surface area contributed by atoms with Gasteiger partial charge >= 0.3 is 0 Å². The summed E-state index contributed by atoms with van der Waals surface area (Å²) in [6.45, 7) is 15.9. The highest BCUT2D eigenvalue weighted by Crippen LogP contribution is 2.30. The molecule has 0 aromatic rings. The summed E-state index contributed by atoms with van der Waals surface area (Å²) in [5.74, 6) is 0.517. The van der Waals surface area contributed by atoms with Gasteiger partial charge in [0.15, 0.2) is 5.78 Å². The van der Waals surface area contributed by atoms with Crippen LogP contribution in [0.2, 0.25) is 0 Å². The zero-order valence-corrected chi connectivity index (χ0v) is 11.5. The molecule has 0 fully saturated rings. The van der Waals surface area contributed by atoms with Crippen LogP contribution in [0.4, 0.5) is 0 Å². The molecule has 1 atom stereocenters. The van der Waals surface area contributed by atoms with Crippen LogP contribution in [0.3, 0.4) is 0 Å². The lowest BCUT2D eigenvalue weighted by Crippen LogP contribution is -2.41. The van der Waals surface area contributed by atoms with Gasteiger partial charge in [0, 0.05) is 5.41 Å². The molecule has 0 bridgehead atoms. The molecule has 0 N–H and O–H groups in total. The first-order valence-electron chi connectivity index (χ1n) is 5.70. The molecule has 0 aliphatic rings. The van der Waals surface area contributed by atoms with Crippen LogP contribution < -0.4 is 0 Å². The first kappa shape index (κ1) is 14.6. The second-order valence-corrected chi connectivity index (χ2v) is 6.11. The number of Topliss-reactive ketones (excluding diaryl/α,β-unsaturated/α-hetero) is 1. The first-order chi connectivity index (χ1) is 6.48. The third kappa shape index (κ3) is 4.33. The van der Waals surface area contributed by atoms with E-state index in [0.29, 0.717) is 5.92 Å². The fraction of sp³-hybridized carbons (Fsp3) is 0.923. The smallest absolute Gasteiger partial charge is 0.167 e. The highest BCUT2D eigenvalue weighted by atomic mass is 16.5. The van der Waals surface area contributed by atoms with Crippen LogP contribution in [-0.2, 0) is 9.53 Å². The van der Waals surface area contributed by atoms with Crippen LogP contribution in [-0.4, -0.2) is 17.5 Å². The van der Waals surface area contributed by atoms with Crippen molar-refractivity contribution in [2.75, 3.05) is 0 Å². The highest BCUT2D eigenvalue weighted by molar-refractivity contribution is 5.88. The molecule has 0 saturated heterocycles. The Morgan fingerprint density at radius 3 is 1.67 bits per heavy atom. The lowest BCUT2D eigenvalue weighted by molar-refractivity contribution is -0.149. The molecule has 0 aromatic carbocycles. The quantitative estimate of drug-likeness (QED) is 0.716. The zero-order chi connectivity index (χ0) is 12.4. The number of hydrogen-bond donors (Lipinski definition) is 0. The normalized spacial score (nSPS) is 15.5. The van der Waals surface area contributed by atoms with Gasteiger partial charge in [0.1, 0.15) is 6.10 Å². The van der Waals surface area contributed by atoms with Gasteiger partial charge in [0.25, 0.3) is 0 Å². The molecule has 0 radical (unpaired) electrons. The Bertz CT molecular complexity index is 221.